The Bertz CT molecular complexity index is 1180. The Morgan fingerprint density at radius 1 is 1.09 bits per heavy atom. The molecule has 2 aromatic heterocycles. The summed E-state index contributed by atoms with van der Waals surface area (Å²) in [7, 11) is 0. The van der Waals surface area contributed by atoms with E-state index in [0.29, 0.717) is 12.8 Å². The van der Waals surface area contributed by atoms with Gasteiger partial charge in [-0.2, -0.15) is 5.10 Å². The molecule has 1 unspecified atom stereocenters. The molecule has 0 saturated carbocycles. The van der Waals surface area contributed by atoms with Crippen molar-refractivity contribution in [3.8, 4) is 0 Å². The summed E-state index contributed by atoms with van der Waals surface area (Å²) in [5.74, 6) is -0.602. The number of carbonyl (C=O) groups is 2. The van der Waals surface area contributed by atoms with Gasteiger partial charge in [0.25, 0.3) is 0 Å². The van der Waals surface area contributed by atoms with Crippen LogP contribution in [0.15, 0.2) is 30.3 Å². The third-order valence-corrected chi connectivity index (χ3v) is 6.00. The van der Waals surface area contributed by atoms with Gasteiger partial charge in [0.2, 0.25) is 5.91 Å². The maximum Gasteiger partial charge on any atom is 0.328 e. The third-order valence-electron chi connectivity index (χ3n) is 6.00. The van der Waals surface area contributed by atoms with Crippen LogP contribution in [0.25, 0.3) is 11.0 Å². The van der Waals surface area contributed by atoms with E-state index in [1.807, 2.05) is 48.9 Å². The number of hydrogen-bond donors (Lipinski definition) is 1. The van der Waals surface area contributed by atoms with Crippen molar-refractivity contribution >= 4 is 22.9 Å². The molecule has 2 heterocycles. The molecule has 0 saturated heterocycles. The molecule has 0 aliphatic heterocycles. The van der Waals surface area contributed by atoms with Crippen LogP contribution in [0.3, 0.4) is 0 Å². The maximum absolute atomic E-state index is 12.9. The van der Waals surface area contributed by atoms with Crippen LogP contribution in [0.4, 0.5) is 0 Å². The number of carbonyl (C=O) groups excluding carboxylic acids is 2. The van der Waals surface area contributed by atoms with Crippen molar-refractivity contribution in [1.82, 2.24) is 20.1 Å². The molecule has 34 heavy (non-hydrogen) atoms. The number of nitrogens with zero attached hydrogens (tertiary/aromatic N) is 3. The summed E-state index contributed by atoms with van der Waals surface area (Å²) in [5, 5.41) is 8.67. The van der Waals surface area contributed by atoms with Gasteiger partial charge in [0, 0.05) is 23.9 Å². The lowest BCUT2D eigenvalue weighted by atomic mass is 9.98. The van der Waals surface area contributed by atoms with E-state index in [0.717, 1.165) is 39.1 Å². The largest absolute Gasteiger partial charge is 0.464 e. The number of ether oxygens (including phenoxy) is 1. The van der Waals surface area contributed by atoms with Gasteiger partial charge in [0.1, 0.15) is 6.04 Å². The van der Waals surface area contributed by atoms with Crippen LogP contribution < -0.4 is 5.32 Å². The van der Waals surface area contributed by atoms with Crippen LogP contribution in [-0.2, 0) is 32.7 Å². The van der Waals surface area contributed by atoms with E-state index in [4.69, 9.17) is 14.8 Å². The molecule has 3 aromatic rings. The molecular formula is C27H36N4O3. The number of aromatic nitrogens is 3. The minimum absolute atomic E-state index is 0.180. The van der Waals surface area contributed by atoms with Crippen molar-refractivity contribution in [2.75, 3.05) is 6.61 Å². The number of fused-ring (bicyclic) bond motifs is 1. The highest BCUT2D eigenvalue weighted by Crippen LogP contribution is 2.29. The van der Waals surface area contributed by atoms with Gasteiger partial charge >= 0.3 is 5.97 Å². The number of benzene rings is 1. The van der Waals surface area contributed by atoms with Gasteiger partial charge in [0.05, 0.1) is 17.8 Å². The first kappa shape index (κ1) is 25.4. The van der Waals surface area contributed by atoms with Crippen LogP contribution in [0.5, 0.6) is 0 Å². The van der Waals surface area contributed by atoms with E-state index < -0.39 is 12.0 Å². The molecule has 0 aliphatic rings. The lowest BCUT2D eigenvalue weighted by Gasteiger charge is -2.21. The van der Waals surface area contributed by atoms with Gasteiger partial charge in [-0.1, -0.05) is 30.3 Å². The van der Waals surface area contributed by atoms with E-state index >= 15 is 0 Å². The smallest absolute Gasteiger partial charge is 0.328 e. The highest BCUT2D eigenvalue weighted by atomic mass is 16.5. The molecule has 0 radical (unpaired) electrons. The first-order valence-corrected chi connectivity index (χ1v) is 11.9. The van der Waals surface area contributed by atoms with Gasteiger partial charge in [-0.15, -0.1) is 0 Å². The van der Waals surface area contributed by atoms with Gasteiger partial charge in [-0.3, -0.25) is 4.79 Å². The minimum Gasteiger partial charge on any atom is -0.464 e. The molecule has 0 fully saturated rings. The second-order valence-electron chi connectivity index (χ2n) is 9.73. The minimum atomic E-state index is -0.718. The average molecular weight is 465 g/mol. The summed E-state index contributed by atoms with van der Waals surface area (Å²) < 4.78 is 7.17. The van der Waals surface area contributed by atoms with Crippen molar-refractivity contribution in [3.05, 3.63) is 58.4 Å². The molecule has 7 heteroatoms. The molecule has 3 rings (SSSR count). The summed E-state index contributed by atoms with van der Waals surface area (Å²) in [4.78, 5) is 30.2. The molecule has 0 bridgehead atoms. The van der Waals surface area contributed by atoms with Gasteiger partial charge in [0.15, 0.2) is 5.65 Å². The van der Waals surface area contributed by atoms with Crippen molar-refractivity contribution in [3.63, 3.8) is 0 Å². The van der Waals surface area contributed by atoms with E-state index in [1.165, 1.54) is 0 Å². The fourth-order valence-electron chi connectivity index (χ4n) is 4.33. The van der Waals surface area contributed by atoms with Crippen molar-refractivity contribution in [2.45, 2.75) is 79.3 Å². The molecule has 1 atom stereocenters. The monoisotopic (exact) mass is 464 g/mol. The molecule has 7 nitrogen and oxygen atoms in total. The van der Waals surface area contributed by atoms with E-state index in [1.54, 1.807) is 6.92 Å². The Labute approximate surface area is 201 Å². The number of amides is 1. The van der Waals surface area contributed by atoms with Gasteiger partial charge < -0.3 is 10.1 Å². The van der Waals surface area contributed by atoms with Gasteiger partial charge in [-0.25, -0.2) is 14.5 Å². The zero-order valence-electron chi connectivity index (χ0n) is 21.4. The number of hydrogen-bond acceptors (Lipinski definition) is 5. The molecule has 1 amide bonds. The standard InChI is InChI=1S/C27H36N4O3/c1-8-34-26(33)22(16-20-12-10-9-11-13-20)29-23(32)15-14-21-17(2)24-19(4)30-31(27(5,6)7)25(24)28-18(21)3/h9-13,22H,8,14-16H2,1-7H3,(H,29,32). The summed E-state index contributed by atoms with van der Waals surface area (Å²) in [6.45, 7) is 14.4. The fraction of sp³-hybridized carbons (Fsp3) is 0.481. The predicted octanol–water partition coefficient (Wildman–Crippen LogP) is 4.33. The highest BCUT2D eigenvalue weighted by Gasteiger charge is 2.25. The number of aryl methyl sites for hydroxylation is 3. The SMILES string of the molecule is CCOC(=O)C(Cc1ccccc1)NC(=O)CCc1c(C)nc2c(c(C)nn2C(C)(C)C)c1C. The zero-order chi connectivity index (χ0) is 25.0. The van der Waals surface area contributed by atoms with Crippen LogP contribution in [0.1, 0.15) is 62.2 Å². The fourth-order valence-corrected chi connectivity index (χ4v) is 4.33. The quantitative estimate of drug-likeness (QED) is 0.501. The summed E-state index contributed by atoms with van der Waals surface area (Å²) in [6.07, 6.45) is 1.18. The second kappa shape index (κ2) is 10.4. The Kier molecular flexibility index (Phi) is 7.75. The van der Waals surface area contributed by atoms with Crippen molar-refractivity contribution < 1.29 is 14.3 Å². The molecule has 1 N–H and O–H groups in total. The van der Waals surface area contributed by atoms with Crippen LogP contribution in [0, 0.1) is 20.8 Å². The van der Waals surface area contributed by atoms with E-state index in [9.17, 15) is 9.59 Å². The Morgan fingerprint density at radius 3 is 2.38 bits per heavy atom. The summed E-state index contributed by atoms with van der Waals surface area (Å²) >= 11 is 0. The second-order valence-corrected chi connectivity index (χ2v) is 9.73. The third kappa shape index (κ3) is 5.64. The van der Waals surface area contributed by atoms with Crippen LogP contribution in [-0.4, -0.2) is 39.3 Å². The Balaban J connectivity index is 1.78. The molecule has 0 aliphatic carbocycles. The highest BCUT2D eigenvalue weighted by molar-refractivity contribution is 5.86. The van der Waals surface area contributed by atoms with Crippen LogP contribution in [0.2, 0.25) is 0 Å². The number of rotatable bonds is 8. The first-order chi connectivity index (χ1) is 16.0. The normalized spacial score (nSPS) is 12.6. The van der Waals surface area contributed by atoms with Gasteiger partial charge in [-0.05, 0) is 71.6 Å². The topological polar surface area (TPSA) is 86.1 Å². The van der Waals surface area contributed by atoms with Crippen LogP contribution >= 0.6 is 0 Å². The molecule has 182 valence electrons. The number of esters is 1. The predicted molar refractivity (Wildman–Crippen MR) is 134 cm³/mol. The summed E-state index contributed by atoms with van der Waals surface area (Å²) in [6, 6.07) is 8.91. The first-order valence-electron chi connectivity index (χ1n) is 11.9. The summed E-state index contributed by atoms with van der Waals surface area (Å²) in [5.41, 5.74) is 5.65. The molecule has 1 aromatic carbocycles. The zero-order valence-corrected chi connectivity index (χ0v) is 21.4. The molecular weight excluding hydrogens is 428 g/mol. The van der Waals surface area contributed by atoms with E-state index in [-0.39, 0.29) is 24.5 Å². The Morgan fingerprint density at radius 2 is 1.76 bits per heavy atom. The van der Waals surface area contributed by atoms with Crippen molar-refractivity contribution in [2.24, 2.45) is 0 Å². The van der Waals surface area contributed by atoms with Crippen molar-refractivity contribution in [1.29, 1.82) is 0 Å². The maximum atomic E-state index is 12.9. The number of pyridine rings is 1. The lowest BCUT2D eigenvalue weighted by Crippen LogP contribution is -2.43. The Hall–Kier alpha value is -3.22. The average Bonchev–Trinajstić information content (AvgIpc) is 3.10. The van der Waals surface area contributed by atoms with E-state index in [2.05, 4.69) is 33.0 Å². The molecule has 0 spiro atoms. The number of nitrogens with one attached hydrogen (secondary N) is 1. The lowest BCUT2D eigenvalue weighted by molar-refractivity contribution is -0.147.